The minimum Gasteiger partial charge on any atom is -0.384 e. The number of methoxy groups -OCH3 is 1. The van der Waals surface area contributed by atoms with Gasteiger partial charge in [-0.3, -0.25) is 0 Å². The van der Waals surface area contributed by atoms with E-state index < -0.39 is 0 Å². The zero-order valence-electron chi connectivity index (χ0n) is 12.7. The van der Waals surface area contributed by atoms with Crippen molar-refractivity contribution in [2.24, 2.45) is 0 Å². The van der Waals surface area contributed by atoms with E-state index in [1.807, 2.05) is 18.2 Å². The van der Waals surface area contributed by atoms with Gasteiger partial charge in [0.15, 0.2) is 5.82 Å². The third-order valence-corrected chi connectivity index (χ3v) is 3.26. The molecule has 5 nitrogen and oxygen atoms in total. The second-order valence-corrected chi connectivity index (χ2v) is 4.97. The Morgan fingerprint density at radius 3 is 2.81 bits per heavy atom. The zero-order valence-corrected chi connectivity index (χ0v) is 12.7. The van der Waals surface area contributed by atoms with E-state index in [2.05, 4.69) is 34.5 Å². The van der Waals surface area contributed by atoms with Gasteiger partial charge >= 0.3 is 0 Å². The van der Waals surface area contributed by atoms with E-state index in [1.165, 1.54) is 5.56 Å². The predicted molar refractivity (Wildman–Crippen MR) is 81.1 cm³/mol. The number of hydrogen-bond acceptors (Lipinski definition) is 5. The molecule has 1 atom stereocenters. The molecule has 0 aliphatic heterocycles. The van der Waals surface area contributed by atoms with Gasteiger partial charge in [-0.25, -0.2) is 0 Å². The third kappa shape index (κ3) is 4.95. The molecule has 0 amide bonds. The number of benzene rings is 1. The minimum atomic E-state index is 0.196. The first-order valence-electron chi connectivity index (χ1n) is 7.42. The Morgan fingerprint density at radius 1 is 1.29 bits per heavy atom. The predicted octanol–water partition coefficient (Wildman–Crippen LogP) is 2.54. The maximum atomic E-state index is 5.34. The van der Waals surface area contributed by atoms with Crippen LogP contribution >= 0.6 is 0 Å². The van der Waals surface area contributed by atoms with Gasteiger partial charge in [-0.05, 0) is 18.5 Å². The van der Waals surface area contributed by atoms with Crippen LogP contribution in [0.15, 0.2) is 34.9 Å². The Bertz CT molecular complexity index is 513. The molecule has 2 aromatic rings. The first kappa shape index (κ1) is 15.7. The van der Waals surface area contributed by atoms with E-state index >= 15 is 0 Å². The van der Waals surface area contributed by atoms with Crippen molar-refractivity contribution in [3.63, 3.8) is 0 Å². The summed E-state index contributed by atoms with van der Waals surface area (Å²) in [5.41, 5.74) is 1.24. The van der Waals surface area contributed by atoms with Gasteiger partial charge in [-0.15, -0.1) is 0 Å². The fraction of sp³-hybridized carbons (Fsp3) is 0.500. The second kappa shape index (κ2) is 8.54. The number of nitrogens with one attached hydrogen (secondary N) is 1. The lowest BCUT2D eigenvalue weighted by molar-refractivity contribution is 0.199. The SMILES string of the molecule is CCCNC(Cc1nc(CCOC)no1)c1ccccc1. The lowest BCUT2D eigenvalue weighted by Crippen LogP contribution is -2.24. The van der Waals surface area contributed by atoms with Crippen molar-refractivity contribution in [2.75, 3.05) is 20.3 Å². The standard InChI is InChI=1S/C16H23N3O2/c1-3-10-17-14(13-7-5-4-6-8-13)12-16-18-15(19-21-16)9-11-20-2/h4-8,14,17H,3,9-12H2,1-2H3. The second-order valence-electron chi connectivity index (χ2n) is 4.97. The average molecular weight is 289 g/mol. The molecule has 1 N–H and O–H groups in total. The van der Waals surface area contributed by atoms with E-state index in [1.54, 1.807) is 7.11 Å². The Kier molecular flexibility index (Phi) is 6.37. The van der Waals surface area contributed by atoms with Crippen LogP contribution in [0.4, 0.5) is 0 Å². The van der Waals surface area contributed by atoms with E-state index in [9.17, 15) is 0 Å². The summed E-state index contributed by atoms with van der Waals surface area (Å²) in [6, 6.07) is 10.6. The molecule has 0 radical (unpaired) electrons. The molecule has 5 heteroatoms. The van der Waals surface area contributed by atoms with Gasteiger partial charge in [0.1, 0.15) is 0 Å². The topological polar surface area (TPSA) is 60.2 Å². The molecule has 0 aliphatic carbocycles. The van der Waals surface area contributed by atoms with Crippen molar-refractivity contribution >= 4 is 0 Å². The molecule has 0 saturated carbocycles. The highest BCUT2D eigenvalue weighted by molar-refractivity contribution is 5.19. The number of ether oxygens (including phenoxy) is 1. The van der Waals surface area contributed by atoms with Crippen LogP contribution in [0, 0.1) is 0 Å². The molecule has 0 bridgehead atoms. The Hall–Kier alpha value is -1.72. The molecule has 2 rings (SSSR count). The third-order valence-electron chi connectivity index (χ3n) is 3.26. The van der Waals surface area contributed by atoms with Crippen LogP contribution in [-0.4, -0.2) is 30.4 Å². The number of hydrogen-bond donors (Lipinski definition) is 1. The van der Waals surface area contributed by atoms with Crippen LogP contribution < -0.4 is 5.32 Å². The normalized spacial score (nSPS) is 12.5. The first-order chi connectivity index (χ1) is 10.3. The van der Waals surface area contributed by atoms with Crippen molar-refractivity contribution in [3.8, 4) is 0 Å². The van der Waals surface area contributed by atoms with Gasteiger partial charge in [0.25, 0.3) is 0 Å². The van der Waals surface area contributed by atoms with Gasteiger partial charge in [0.2, 0.25) is 5.89 Å². The highest BCUT2D eigenvalue weighted by Crippen LogP contribution is 2.17. The van der Waals surface area contributed by atoms with Crippen LogP contribution in [0.2, 0.25) is 0 Å². The highest BCUT2D eigenvalue weighted by Gasteiger charge is 2.15. The Labute approximate surface area is 125 Å². The molecule has 0 saturated heterocycles. The van der Waals surface area contributed by atoms with Crippen LogP contribution in [0.1, 0.15) is 36.7 Å². The summed E-state index contributed by atoms with van der Waals surface area (Å²) < 4.78 is 10.4. The minimum absolute atomic E-state index is 0.196. The van der Waals surface area contributed by atoms with Crippen LogP contribution in [0.3, 0.4) is 0 Å². The van der Waals surface area contributed by atoms with Crippen molar-refractivity contribution in [3.05, 3.63) is 47.6 Å². The van der Waals surface area contributed by atoms with E-state index in [-0.39, 0.29) is 6.04 Å². The molecule has 1 aromatic heterocycles. The van der Waals surface area contributed by atoms with Crippen molar-refractivity contribution in [1.29, 1.82) is 0 Å². The number of rotatable bonds is 9. The summed E-state index contributed by atoms with van der Waals surface area (Å²) in [4.78, 5) is 4.42. The summed E-state index contributed by atoms with van der Waals surface area (Å²) in [6.07, 6.45) is 2.47. The zero-order chi connectivity index (χ0) is 14.9. The maximum absolute atomic E-state index is 5.34. The average Bonchev–Trinajstić information content (AvgIpc) is 2.97. The molecule has 21 heavy (non-hydrogen) atoms. The largest absolute Gasteiger partial charge is 0.384 e. The summed E-state index contributed by atoms with van der Waals surface area (Å²) >= 11 is 0. The summed E-state index contributed by atoms with van der Waals surface area (Å²) in [5, 5.41) is 7.52. The van der Waals surface area contributed by atoms with Gasteiger partial charge in [-0.2, -0.15) is 4.98 Å². The quantitative estimate of drug-likeness (QED) is 0.768. The van der Waals surface area contributed by atoms with Crippen molar-refractivity contribution < 1.29 is 9.26 Å². The van der Waals surface area contributed by atoms with Gasteiger partial charge < -0.3 is 14.6 Å². The maximum Gasteiger partial charge on any atom is 0.228 e. The molecule has 0 aliphatic rings. The van der Waals surface area contributed by atoms with Crippen LogP contribution in [-0.2, 0) is 17.6 Å². The van der Waals surface area contributed by atoms with Gasteiger partial charge in [-0.1, -0.05) is 42.4 Å². The molecular formula is C16H23N3O2. The molecule has 114 valence electrons. The van der Waals surface area contributed by atoms with E-state index in [0.717, 1.165) is 13.0 Å². The first-order valence-corrected chi connectivity index (χ1v) is 7.42. The van der Waals surface area contributed by atoms with Crippen LogP contribution in [0.25, 0.3) is 0 Å². The smallest absolute Gasteiger partial charge is 0.228 e. The number of aromatic nitrogens is 2. The van der Waals surface area contributed by atoms with E-state index in [4.69, 9.17) is 9.26 Å². The molecule has 0 spiro atoms. The lowest BCUT2D eigenvalue weighted by Gasteiger charge is -2.17. The fourth-order valence-electron chi connectivity index (χ4n) is 2.15. The molecular weight excluding hydrogens is 266 g/mol. The summed E-state index contributed by atoms with van der Waals surface area (Å²) in [7, 11) is 1.67. The summed E-state index contributed by atoms with van der Waals surface area (Å²) in [5.74, 6) is 1.37. The Morgan fingerprint density at radius 2 is 2.10 bits per heavy atom. The number of nitrogens with zero attached hydrogens (tertiary/aromatic N) is 2. The van der Waals surface area contributed by atoms with E-state index in [0.29, 0.717) is 31.2 Å². The van der Waals surface area contributed by atoms with Gasteiger partial charge in [0, 0.05) is 26.0 Å². The molecule has 0 fully saturated rings. The molecule has 1 unspecified atom stereocenters. The van der Waals surface area contributed by atoms with Crippen molar-refractivity contribution in [2.45, 2.75) is 32.2 Å². The monoisotopic (exact) mass is 289 g/mol. The Balaban J connectivity index is 2.02. The lowest BCUT2D eigenvalue weighted by atomic mass is 10.0. The van der Waals surface area contributed by atoms with Crippen LogP contribution in [0.5, 0.6) is 0 Å². The van der Waals surface area contributed by atoms with Crippen molar-refractivity contribution in [1.82, 2.24) is 15.5 Å². The summed E-state index contributed by atoms with van der Waals surface area (Å²) in [6.45, 7) is 3.73. The molecule has 1 heterocycles. The molecule has 1 aromatic carbocycles. The fourth-order valence-corrected chi connectivity index (χ4v) is 2.15. The highest BCUT2D eigenvalue weighted by atomic mass is 16.5. The van der Waals surface area contributed by atoms with Gasteiger partial charge in [0.05, 0.1) is 6.61 Å².